The highest BCUT2D eigenvalue weighted by molar-refractivity contribution is 7.14. The summed E-state index contributed by atoms with van der Waals surface area (Å²) in [5.74, 6) is -0.675. The third kappa shape index (κ3) is 4.43. The molecule has 0 aliphatic heterocycles. The highest BCUT2D eigenvalue weighted by Crippen LogP contribution is 2.22. The molecule has 1 N–H and O–H groups in total. The molecule has 116 valence electrons. The maximum atomic E-state index is 12.0. The second-order valence-corrected chi connectivity index (χ2v) is 6.04. The minimum atomic E-state index is -0.443. The van der Waals surface area contributed by atoms with Crippen molar-refractivity contribution in [3.63, 3.8) is 0 Å². The van der Waals surface area contributed by atoms with Gasteiger partial charge in [-0.25, -0.2) is 0 Å². The number of carbonyl (C=O) groups excluding carboxylic acids is 2. The number of benzene rings is 1. The summed E-state index contributed by atoms with van der Waals surface area (Å²) in [6, 6.07) is 11.3. The lowest BCUT2D eigenvalue weighted by Crippen LogP contribution is -2.30. The molecule has 1 aromatic heterocycles. The Morgan fingerprint density at radius 3 is 2.59 bits per heavy atom. The fourth-order valence-electron chi connectivity index (χ4n) is 2.01. The minimum Gasteiger partial charge on any atom is -0.460 e. The highest BCUT2D eigenvalue weighted by Gasteiger charge is 2.13. The summed E-state index contributed by atoms with van der Waals surface area (Å²) in [5, 5.41) is 2.60. The van der Waals surface area contributed by atoms with E-state index in [0.717, 1.165) is 17.5 Å². The SMILES string of the molecule is CCc1sc(C(=O)NCC(=O)OCc2ccccc2)cc1C. The molecule has 0 bridgehead atoms. The van der Waals surface area contributed by atoms with Gasteiger partial charge in [0.2, 0.25) is 0 Å². The quantitative estimate of drug-likeness (QED) is 0.833. The van der Waals surface area contributed by atoms with Crippen molar-refractivity contribution >= 4 is 23.2 Å². The summed E-state index contributed by atoms with van der Waals surface area (Å²) in [7, 11) is 0. The van der Waals surface area contributed by atoms with Crippen LogP contribution in [0.1, 0.15) is 32.6 Å². The maximum Gasteiger partial charge on any atom is 0.325 e. The molecule has 0 fully saturated rings. The van der Waals surface area contributed by atoms with Crippen molar-refractivity contribution in [1.82, 2.24) is 5.32 Å². The van der Waals surface area contributed by atoms with E-state index in [1.807, 2.05) is 43.3 Å². The van der Waals surface area contributed by atoms with Crippen LogP contribution in [0.5, 0.6) is 0 Å². The van der Waals surface area contributed by atoms with Crippen molar-refractivity contribution in [2.75, 3.05) is 6.54 Å². The molecule has 1 aromatic carbocycles. The highest BCUT2D eigenvalue weighted by atomic mass is 32.1. The third-order valence-corrected chi connectivity index (χ3v) is 4.58. The molecule has 0 radical (unpaired) electrons. The second kappa shape index (κ2) is 7.75. The molecule has 0 unspecified atom stereocenters. The molecule has 0 aliphatic carbocycles. The van der Waals surface area contributed by atoms with E-state index in [0.29, 0.717) is 4.88 Å². The first-order valence-corrected chi connectivity index (χ1v) is 7.99. The molecule has 0 saturated carbocycles. The lowest BCUT2D eigenvalue weighted by atomic mass is 10.2. The summed E-state index contributed by atoms with van der Waals surface area (Å²) >= 11 is 1.47. The van der Waals surface area contributed by atoms with Crippen molar-refractivity contribution in [3.8, 4) is 0 Å². The average Bonchev–Trinajstić information content (AvgIpc) is 2.92. The van der Waals surface area contributed by atoms with E-state index in [9.17, 15) is 9.59 Å². The Bertz CT molecular complexity index is 649. The van der Waals surface area contributed by atoms with Gasteiger partial charge < -0.3 is 10.1 Å². The van der Waals surface area contributed by atoms with Crippen LogP contribution < -0.4 is 5.32 Å². The van der Waals surface area contributed by atoms with Gasteiger partial charge >= 0.3 is 5.97 Å². The smallest absolute Gasteiger partial charge is 0.325 e. The molecule has 4 nitrogen and oxygen atoms in total. The zero-order chi connectivity index (χ0) is 15.9. The predicted molar refractivity (Wildman–Crippen MR) is 87.0 cm³/mol. The van der Waals surface area contributed by atoms with Crippen LogP contribution in [-0.4, -0.2) is 18.4 Å². The van der Waals surface area contributed by atoms with E-state index < -0.39 is 5.97 Å². The van der Waals surface area contributed by atoms with E-state index in [4.69, 9.17) is 4.74 Å². The fraction of sp³-hybridized carbons (Fsp3) is 0.294. The van der Waals surface area contributed by atoms with Crippen molar-refractivity contribution in [2.45, 2.75) is 26.9 Å². The van der Waals surface area contributed by atoms with Crippen LogP contribution in [0.15, 0.2) is 36.4 Å². The maximum absolute atomic E-state index is 12.0. The zero-order valence-corrected chi connectivity index (χ0v) is 13.5. The second-order valence-electron chi connectivity index (χ2n) is 4.90. The van der Waals surface area contributed by atoms with Gasteiger partial charge in [0.05, 0.1) is 4.88 Å². The van der Waals surface area contributed by atoms with Crippen molar-refractivity contribution in [1.29, 1.82) is 0 Å². The summed E-state index contributed by atoms with van der Waals surface area (Å²) in [6.45, 7) is 4.14. The Kier molecular flexibility index (Phi) is 5.72. The van der Waals surface area contributed by atoms with E-state index in [-0.39, 0.29) is 19.1 Å². The van der Waals surface area contributed by atoms with Crippen LogP contribution in [-0.2, 0) is 22.6 Å². The molecule has 2 aromatic rings. The number of hydrogen-bond donors (Lipinski definition) is 1. The van der Waals surface area contributed by atoms with Crippen molar-refractivity contribution in [3.05, 3.63) is 57.3 Å². The normalized spacial score (nSPS) is 10.3. The zero-order valence-electron chi connectivity index (χ0n) is 12.7. The number of thiophene rings is 1. The summed E-state index contributed by atoms with van der Waals surface area (Å²) in [6.07, 6.45) is 0.906. The average molecular weight is 317 g/mol. The summed E-state index contributed by atoms with van der Waals surface area (Å²) < 4.78 is 5.11. The molecular formula is C17H19NO3S. The number of nitrogens with one attached hydrogen (secondary N) is 1. The number of amides is 1. The number of esters is 1. The number of rotatable bonds is 6. The molecule has 2 rings (SSSR count). The van der Waals surface area contributed by atoms with Gasteiger partial charge in [-0.05, 0) is 30.5 Å². The van der Waals surface area contributed by atoms with Gasteiger partial charge in [0.15, 0.2) is 0 Å². The fourth-order valence-corrected chi connectivity index (χ4v) is 3.04. The van der Waals surface area contributed by atoms with E-state index >= 15 is 0 Å². The van der Waals surface area contributed by atoms with Gasteiger partial charge in [0.1, 0.15) is 13.2 Å². The standard InChI is InChI=1S/C17H19NO3S/c1-3-14-12(2)9-15(22-14)17(20)18-10-16(19)21-11-13-7-5-4-6-8-13/h4-9H,3,10-11H2,1-2H3,(H,18,20). The lowest BCUT2D eigenvalue weighted by molar-refractivity contribution is -0.143. The Morgan fingerprint density at radius 1 is 1.23 bits per heavy atom. The monoisotopic (exact) mass is 317 g/mol. The van der Waals surface area contributed by atoms with Crippen LogP contribution in [0.3, 0.4) is 0 Å². The Hall–Kier alpha value is -2.14. The first kappa shape index (κ1) is 16.2. The first-order chi connectivity index (χ1) is 10.6. The molecule has 22 heavy (non-hydrogen) atoms. The lowest BCUT2D eigenvalue weighted by Gasteiger charge is -2.05. The van der Waals surface area contributed by atoms with E-state index in [1.165, 1.54) is 16.2 Å². The van der Waals surface area contributed by atoms with Crippen LogP contribution in [0.25, 0.3) is 0 Å². The molecule has 0 saturated heterocycles. The van der Waals surface area contributed by atoms with Crippen LogP contribution in [0.2, 0.25) is 0 Å². The third-order valence-electron chi connectivity index (χ3n) is 3.20. The van der Waals surface area contributed by atoms with Gasteiger partial charge in [0.25, 0.3) is 5.91 Å². The number of ether oxygens (including phenoxy) is 1. The first-order valence-electron chi connectivity index (χ1n) is 7.17. The summed E-state index contributed by atoms with van der Waals surface area (Å²) in [5.41, 5.74) is 2.04. The van der Waals surface area contributed by atoms with Crippen molar-refractivity contribution in [2.24, 2.45) is 0 Å². The van der Waals surface area contributed by atoms with E-state index in [1.54, 1.807) is 0 Å². The molecular weight excluding hydrogens is 298 g/mol. The Labute approximate surface area is 134 Å². The van der Waals surface area contributed by atoms with Crippen molar-refractivity contribution < 1.29 is 14.3 Å². The Morgan fingerprint density at radius 2 is 1.95 bits per heavy atom. The van der Waals surface area contributed by atoms with Gasteiger partial charge in [-0.1, -0.05) is 37.3 Å². The van der Waals surface area contributed by atoms with E-state index in [2.05, 4.69) is 12.2 Å². The summed E-state index contributed by atoms with van der Waals surface area (Å²) in [4.78, 5) is 25.5. The molecule has 1 heterocycles. The van der Waals surface area contributed by atoms with Gasteiger partial charge in [-0.2, -0.15) is 0 Å². The number of hydrogen-bond acceptors (Lipinski definition) is 4. The van der Waals surface area contributed by atoms with Gasteiger partial charge in [-0.15, -0.1) is 11.3 Å². The Balaban J connectivity index is 1.79. The molecule has 0 spiro atoms. The minimum absolute atomic E-state index is 0.121. The van der Waals surface area contributed by atoms with Crippen LogP contribution in [0.4, 0.5) is 0 Å². The van der Waals surface area contributed by atoms with Gasteiger partial charge in [0, 0.05) is 4.88 Å². The topological polar surface area (TPSA) is 55.4 Å². The molecule has 1 amide bonds. The van der Waals surface area contributed by atoms with Crippen LogP contribution >= 0.6 is 11.3 Å². The van der Waals surface area contributed by atoms with Gasteiger partial charge in [-0.3, -0.25) is 9.59 Å². The molecule has 5 heteroatoms. The number of aryl methyl sites for hydroxylation is 2. The molecule has 0 atom stereocenters. The largest absolute Gasteiger partial charge is 0.460 e. The number of carbonyl (C=O) groups is 2. The molecule has 0 aliphatic rings. The van der Waals surface area contributed by atoms with Crippen LogP contribution in [0, 0.1) is 6.92 Å². The predicted octanol–water partition coefficient (Wildman–Crippen LogP) is 3.09.